The third-order valence-electron chi connectivity index (χ3n) is 4.46. The molecule has 1 heterocycles. The van der Waals surface area contributed by atoms with Gasteiger partial charge in [-0.15, -0.1) is 0 Å². The summed E-state index contributed by atoms with van der Waals surface area (Å²) in [6.07, 6.45) is 7.88. The van der Waals surface area contributed by atoms with Crippen molar-refractivity contribution >= 4 is 9.84 Å². The monoisotopic (exact) mass is 288 g/mol. The van der Waals surface area contributed by atoms with Gasteiger partial charge in [0.15, 0.2) is 9.84 Å². The topological polar surface area (TPSA) is 49.4 Å². The summed E-state index contributed by atoms with van der Waals surface area (Å²) in [5.41, 5.74) is 0. The predicted octanol–water partition coefficient (Wildman–Crippen LogP) is 1.28. The summed E-state index contributed by atoms with van der Waals surface area (Å²) >= 11 is 0. The molecule has 0 spiro atoms. The first-order chi connectivity index (χ1) is 9.05. The summed E-state index contributed by atoms with van der Waals surface area (Å²) in [7, 11) is -0.615. The Morgan fingerprint density at radius 1 is 1.21 bits per heavy atom. The molecule has 0 bridgehead atoms. The Bertz CT molecular complexity index is 364. The smallest absolute Gasteiger partial charge is 0.153 e. The van der Waals surface area contributed by atoms with Crippen molar-refractivity contribution in [1.82, 2.24) is 10.2 Å². The molecule has 1 N–H and O–H groups in total. The van der Waals surface area contributed by atoms with Crippen LogP contribution < -0.4 is 5.32 Å². The van der Waals surface area contributed by atoms with Crippen molar-refractivity contribution in [3.8, 4) is 0 Å². The minimum Gasteiger partial charge on any atom is -0.312 e. The molecule has 1 unspecified atom stereocenters. The van der Waals surface area contributed by atoms with E-state index in [4.69, 9.17) is 0 Å². The second kappa shape index (κ2) is 7.04. The Morgan fingerprint density at radius 3 is 2.63 bits per heavy atom. The van der Waals surface area contributed by atoms with Crippen LogP contribution in [0.4, 0.5) is 0 Å². The van der Waals surface area contributed by atoms with Crippen molar-refractivity contribution in [3.63, 3.8) is 0 Å². The van der Waals surface area contributed by atoms with E-state index in [1.54, 1.807) is 0 Å². The van der Waals surface area contributed by atoms with Crippen LogP contribution in [0.15, 0.2) is 0 Å². The van der Waals surface area contributed by atoms with Crippen LogP contribution >= 0.6 is 0 Å². The summed E-state index contributed by atoms with van der Waals surface area (Å²) in [6, 6.07) is 0.160. The van der Waals surface area contributed by atoms with Gasteiger partial charge in [0.05, 0.1) is 11.5 Å². The lowest BCUT2D eigenvalue weighted by Crippen LogP contribution is -2.46. The largest absolute Gasteiger partial charge is 0.312 e. The molecule has 2 fully saturated rings. The molecule has 1 atom stereocenters. The molecule has 1 aliphatic carbocycles. The second-order valence-corrected chi connectivity index (χ2v) is 8.55. The quantitative estimate of drug-likeness (QED) is 0.828. The zero-order valence-corrected chi connectivity index (χ0v) is 12.9. The Hall–Kier alpha value is -0.130. The fourth-order valence-electron chi connectivity index (χ4n) is 3.33. The maximum atomic E-state index is 11.6. The molecule has 1 aliphatic heterocycles. The van der Waals surface area contributed by atoms with Gasteiger partial charge >= 0.3 is 0 Å². The molecule has 19 heavy (non-hydrogen) atoms. The van der Waals surface area contributed by atoms with Gasteiger partial charge in [0.25, 0.3) is 0 Å². The number of hydrogen-bond acceptors (Lipinski definition) is 4. The molecule has 5 heteroatoms. The van der Waals surface area contributed by atoms with E-state index in [0.717, 1.165) is 18.9 Å². The first kappa shape index (κ1) is 15.3. The maximum absolute atomic E-state index is 11.6. The number of rotatable bonds is 5. The lowest BCUT2D eigenvalue weighted by molar-refractivity contribution is 0.226. The third-order valence-corrected chi connectivity index (χ3v) is 6.19. The summed E-state index contributed by atoms with van der Waals surface area (Å²) < 4.78 is 23.1. The lowest BCUT2D eigenvalue weighted by Gasteiger charge is -2.29. The van der Waals surface area contributed by atoms with Crippen LogP contribution in [0.3, 0.4) is 0 Å². The average molecular weight is 288 g/mol. The number of nitrogens with one attached hydrogen (secondary N) is 1. The summed E-state index contributed by atoms with van der Waals surface area (Å²) in [5.74, 6) is 1.49. The van der Waals surface area contributed by atoms with E-state index in [1.165, 1.54) is 38.6 Å². The van der Waals surface area contributed by atoms with E-state index in [2.05, 4.69) is 17.3 Å². The molecule has 1 saturated carbocycles. The van der Waals surface area contributed by atoms with Crippen LogP contribution in [0.5, 0.6) is 0 Å². The molecule has 0 amide bonds. The van der Waals surface area contributed by atoms with E-state index in [-0.39, 0.29) is 6.04 Å². The predicted molar refractivity (Wildman–Crippen MR) is 79.1 cm³/mol. The number of sulfone groups is 1. The highest BCUT2D eigenvalue weighted by atomic mass is 32.2. The molecular weight excluding hydrogens is 260 g/mol. The van der Waals surface area contributed by atoms with Crippen LogP contribution in [-0.2, 0) is 9.84 Å². The molecule has 0 aromatic heterocycles. The van der Waals surface area contributed by atoms with Gasteiger partial charge in [-0.05, 0) is 38.8 Å². The number of nitrogens with zero attached hydrogens (tertiary/aromatic N) is 1. The standard InChI is InChI=1S/C14H28N2O2S/c1-16(11-13-5-3-2-4-6-13)9-7-14-12-19(17,18)10-8-15-14/h13-15H,2-12H2,1H3. The fraction of sp³-hybridized carbons (Fsp3) is 1.00. The normalized spacial score (nSPS) is 28.6. The Morgan fingerprint density at radius 2 is 1.95 bits per heavy atom. The van der Waals surface area contributed by atoms with Crippen molar-refractivity contribution in [2.45, 2.75) is 44.6 Å². The maximum Gasteiger partial charge on any atom is 0.153 e. The Kier molecular flexibility index (Phi) is 5.66. The highest BCUT2D eigenvalue weighted by Crippen LogP contribution is 2.24. The van der Waals surface area contributed by atoms with Crippen LogP contribution in [-0.4, -0.2) is 57.5 Å². The van der Waals surface area contributed by atoms with Crippen LogP contribution in [0, 0.1) is 5.92 Å². The van der Waals surface area contributed by atoms with E-state index in [9.17, 15) is 8.42 Å². The highest BCUT2D eigenvalue weighted by molar-refractivity contribution is 7.91. The molecule has 1 saturated heterocycles. The summed E-state index contributed by atoms with van der Waals surface area (Å²) in [5, 5.41) is 3.33. The van der Waals surface area contributed by atoms with E-state index < -0.39 is 9.84 Å². The van der Waals surface area contributed by atoms with Crippen LogP contribution in [0.2, 0.25) is 0 Å². The van der Waals surface area contributed by atoms with Gasteiger partial charge < -0.3 is 10.2 Å². The molecular formula is C14H28N2O2S. The lowest BCUT2D eigenvalue weighted by atomic mass is 9.89. The van der Waals surface area contributed by atoms with Gasteiger partial charge in [0.2, 0.25) is 0 Å². The molecule has 112 valence electrons. The van der Waals surface area contributed by atoms with Gasteiger partial charge in [-0.2, -0.15) is 0 Å². The molecule has 0 aromatic carbocycles. The number of hydrogen-bond donors (Lipinski definition) is 1. The third kappa shape index (κ3) is 5.40. The summed E-state index contributed by atoms with van der Waals surface area (Å²) in [4.78, 5) is 2.39. The molecule has 0 radical (unpaired) electrons. The van der Waals surface area contributed by atoms with E-state index >= 15 is 0 Å². The van der Waals surface area contributed by atoms with Crippen molar-refractivity contribution in [2.24, 2.45) is 5.92 Å². The van der Waals surface area contributed by atoms with Gasteiger partial charge in [-0.25, -0.2) is 8.42 Å². The van der Waals surface area contributed by atoms with Crippen LogP contribution in [0.1, 0.15) is 38.5 Å². The second-order valence-electron chi connectivity index (χ2n) is 6.32. The zero-order valence-electron chi connectivity index (χ0n) is 12.1. The molecule has 2 aliphatic rings. The Labute approximate surface area is 117 Å². The van der Waals surface area contributed by atoms with Crippen molar-refractivity contribution < 1.29 is 8.42 Å². The minimum atomic E-state index is -2.79. The SMILES string of the molecule is CN(CCC1CS(=O)(=O)CCN1)CC1CCCCC1. The van der Waals surface area contributed by atoms with E-state index in [1.807, 2.05) is 0 Å². The zero-order chi connectivity index (χ0) is 13.7. The van der Waals surface area contributed by atoms with Gasteiger partial charge in [0.1, 0.15) is 0 Å². The average Bonchev–Trinajstić information content (AvgIpc) is 2.36. The van der Waals surface area contributed by atoms with E-state index in [0.29, 0.717) is 18.1 Å². The highest BCUT2D eigenvalue weighted by Gasteiger charge is 2.24. The summed E-state index contributed by atoms with van der Waals surface area (Å²) in [6.45, 7) is 2.81. The molecule has 2 rings (SSSR count). The van der Waals surface area contributed by atoms with Crippen LogP contribution in [0.25, 0.3) is 0 Å². The minimum absolute atomic E-state index is 0.160. The van der Waals surface area contributed by atoms with Gasteiger partial charge in [0, 0.05) is 19.1 Å². The molecule has 4 nitrogen and oxygen atoms in total. The van der Waals surface area contributed by atoms with Gasteiger partial charge in [-0.3, -0.25) is 0 Å². The van der Waals surface area contributed by atoms with Crippen molar-refractivity contribution in [3.05, 3.63) is 0 Å². The molecule has 0 aromatic rings. The fourth-order valence-corrected chi connectivity index (χ4v) is 4.82. The first-order valence-corrected chi connectivity index (χ1v) is 9.50. The van der Waals surface area contributed by atoms with Crippen molar-refractivity contribution in [1.29, 1.82) is 0 Å². The van der Waals surface area contributed by atoms with Gasteiger partial charge in [-0.1, -0.05) is 19.3 Å². The first-order valence-electron chi connectivity index (χ1n) is 7.67. The van der Waals surface area contributed by atoms with Crippen molar-refractivity contribution in [2.75, 3.05) is 38.2 Å². The Balaban J connectivity index is 1.66.